The van der Waals surface area contributed by atoms with Crippen molar-refractivity contribution in [2.45, 2.75) is 65.0 Å². The van der Waals surface area contributed by atoms with Crippen LogP contribution in [-0.2, 0) is 11.9 Å². The third kappa shape index (κ3) is 5.05. The Morgan fingerprint density at radius 3 is 2.49 bits per heavy atom. The van der Waals surface area contributed by atoms with E-state index in [1.165, 1.54) is 11.0 Å². The molecule has 0 bridgehead atoms. The maximum Gasteiger partial charge on any atom is 0.270 e. The van der Waals surface area contributed by atoms with E-state index in [0.29, 0.717) is 22.5 Å². The number of oxazole rings is 1. The highest BCUT2D eigenvalue weighted by Gasteiger charge is 2.33. The van der Waals surface area contributed by atoms with Gasteiger partial charge in [-0.25, -0.2) is 9.97 Å². The monoisotopic (exact) mass is 501 g/mol. The summed E-state index contributed by atoms with van der Waals surface area (Å²) in [5, 5.41) is 23.8. The van der Waals surface area contributed by atoms with E-state index < -0.39 is 5.60 Å². The van der Waals surface area contributed by atoms with Crippen LogP contribution in [0.4, 0.5) is 5.69 Å². The third-order valence-corrected chi connectivity index (χ3v) is 6.82. The molecule has 10 heteroatoms. The molecule has 4 rings (SSSR count). The van der Waals surface area contributed by atoms with Crippen molar-refractivity contribution in [2.24, 2.45) is 18.1 Å². The molecule has 1 fully saturated rings. The molecule has 0 saturated heterocycles. The second kappa shape index (κ2) is 10.1. The number of nitrogens with zero attached hydrogens (tertiary/aromatic N) is 7. The first-order valence-electron chi connectivity index (χ1n) is 12.3. The standard InChI is InChI=1S/C27H31N7O3/c1-16-25(36-15-30-16)22(32-37-27(2,3)4)17-7-10-19(11-8-17)33(5)24-20(14-29)26(35)34(6)21-12-9-18(13-28)31-23(21)24/h9,12,15,17,19H,7-8,10-11H2,1-6H3/b32-22-/t17-,19+. The lowest BCUT2D eigenvalue weighted by Crippen LogP contribution is -2.39. The van der Waals surface area contributed by atoms with Gasteiger partial charge in [0.1, 0.15) is 40.2 Å². The number of aromatic nitrogens is 3. The van der Waals surface area contributed by atoms with Crippen LogP contribution in [0.25, 0.3) is 11.0 Å². The fraction of sp³-hybridized carbons (Fsp3) is 0.481. The minimum Gasteiger partial charge on any atom is -0.442 e. The Morgan fingerprint density at radius 2 is 1.92 bits per heavy atom. The Bertz CT molecular complexity index is 1490. The number of hydrogen-bond acceptors (Lipinski definition) is 9. The average molecular weight is 502 g/mol. The van der Waals surface area contributed by atoms with Crippen molar-refractivity contribution in [3.63, 3.8) is 0 Å². The molecule has 1 saturated carbocycles. The fourth-order valence-electron chi connectivity index (χ4n) is 4.85. The molecule has 1 aliphatic rings. The molecule has 192 valence electrons. The van der Waals surface area contributed by atoms with Crippen molar-refractivity contribution >= 4 is 22.4 Å². The molecule has 0 amide bonds. The van der Waals surface area contributed by atoms with Crippen LogP contribution in [0.1, 0.15) is 69.2 Å². The second-order valence-corrected chi connectivity index (χ2v) is 10.4. The van der Waals surface area contributed by atoms with Gasteiger partial charge in [-0.15, -0.1) is 0 Å². The van der Waals surface area contributed by atoms with Crippen LogP contribution in [0.15, 0.2) is 32.9 Å². The van der Waals surface area contributed by atoms with E-state index in [2.05, 4.69) is 27.3 Å². The number of rotatable bonds is 5. The van der Waals surface area contributed by atoms with Crippen LogP contribution < -0.4 is 10.5 Å². The normalized spacial score (nSPS) is 18.3. The number of pyridine rings is 2. The molecule has 3 heterocycles. The van der Waals surface area contributed by atoms with Crippen molar-refractivity contribution in [1.82, 2.24) is 14.5 Å². The topological polar surface area (TPSA) is 133 Å². The molecule has 0 N–H and O–H groups in total. The van der Waals surface area contributed by atoms with Gasteiger partial charge in [-0.05, 0) is 65.5 Å². The first-order chi connectivity index (χ1) is 17.6. The summed E-state index contributed by atoms with van der Waals surface area (Å²) in [6.45, 7) is 7.72. The summed E-state index contributed by atoms with van der Waals surface area (Å²) in [4.78, 5) is 29.5. The van der Waals surface area contributed by atoms with E-state index in [-0.39, 0.29) is 28.8 Å². The van der Waals surface area contributed by atoms with Crippen LogP contribution >= 0.6 is 0 Å². The number of fused-ring (bicyclic) bond motifs is 1. The lowest BCUT2D eigenvalue weighted by molar-refractivity contribution is -0.000253. The van der Waals surface area contributed by atoms with Gasteiger partial charge in [0.2, 0.25) is 0 Å². The number of nitriles is 2. The highest BCUT2D eigenvalue weighted by atomic mass is 16.6. The summed E-state index contributed by atoms with van der Waals surface area (Å²) in [5.41, 5.74) is 2.47. The summed E-state index contributed by atoms with van der Waals surface area (Å²) >= 11 is 0. The molecule has 0 radical (unpaired) electrons. The summed E-state index contributed by atoms with van der Waals surface area (Å²) in [7, 11) is 3.50. The molecule has 3 aromatic heterocycles. The minimum absolute atomic E-state index is 0.0281. The van der Waals surface area contributed by atoms with Gasteiger partial charge in [0.25, 0.3) is 5.56 Å². The predicted molar refractivity (Wildman–Crippen MR) is 139 cm³/mol. The summed E-state index contributed by atoms with van der Waals surface area (Å²) in [5.74, 6) is 0.747. The Hall–Kier alpha value is -4.18. The van der Waals surface area contributed by atoms with E-state index in [1.807, 2.05) is 39.6 Å². The lowest BCUT2D eigenvalue weighted by Gasteiger charge is -2.36. The molecule has 0 spiro atoms. The Morgan fingerprint density at radius 1 is 1.22 bits per heavy atom. The number of hydrogen-bond donors (Lipinski definition) is 0. The summed E-state index contributed by atoms with van der Waals surface area (Å²) in [6, 6.07) is 7.48. The maximum absolute atomic E-state index is 13.0. The van der Waals surface area contributed by atoms with E-state index >= 15 is 0 Å². The highest BCUT2D eigenvalue weighted by molar-refractivity contribution is 6.00. The van der Waals surface area contributed by atoms with E-state index in [0.717, 1.165) is 37.1 Å². The van der Waals surface area contributed by atoms with E-state index in [4.69, 9.17) is 9.25 Å². The van der Waals surface area contributed by atoms with Gasteiger partial charge in [-0.3, -0.25) is 4.79 Å². The highest BCUT2D eigenvalue weighted by Crippen LogP contribution is 2.35. The third-order valence-electron chi connectivity index (χ3n) is 6.82. The van der Waals surface area contributed by atoms with Crippen LogP contribution in [0, 0.1) is 35.5 Å². The SMILES string of the molecule is Cc1ncoc1/C(=N\OC(C)(C)C)[C@H]1CC[C@@H](N(C)c2c(C#N)c(=O)n(C)c3ccc(C#N)nc23)CC1. The van der Waals surface area contributed by atoms with Gasteiger partial charge in [-0.1, -0.05) is 5.16 Å². The smallest absolute Gasteiger partial charge is 0.270 e. The first-order valence-corrected chi connectivity index (χ1v) is 12.3. The molecule has 37 heavy (non-hydrogen) atoms. The minimum atomic E-state index is -0.444. The van der Waals surface area contributed by atoms with Gasteiger partial charge < -0.3 is 18.7 Å². The molecular weight excluding hydrogens is 470 g/mol. The van der Waals surface area contributed by atoms with Gasteiger partial charge in [0.15, 0.2) is 12.2 Å². The van der Waals surface area contributed by atoms with Crippen LogP contribution in [0.5, 0.6) is 0 Å². The molecule has 1 aliphatic carbocycles. The number of oxime groups is 1. The van der Waals surface area contributed by atoms with E-state index in [9.17, 15) is 15.3 Å². The zero-order chi connectivity index (χ0) is 26.9. The van der Waals surface area contributed by atoms with Crippen molar-refractivity contribution in [3.05, 3.63) is 51.6 Å². The number of anilines is 1. The number of aryl methyl sites for hydroxylation is 2. The van der Waals surface area contributed by atoms with Gasteiger partial charge >= 0.3 is 0 Å². The van der Waals surface area contributed by atoms with Gasteiger partial charge in [0.05, 0.1) is 16.9 Å². The quantitative estimate of drug-likeness (QED) is 0.375. The largest absolute Gasteiger partial charge is 0.442 e. The first kappa shape index (κ1) is 25.9. The van der Waals surface area contributed by atoms with Gasteiger partial charge in [0, 0.05) is 26.1 Å². The Labute approximate surface area is 215 Å². The Kier molecular flexibility index (Phi) is 7.04. The average Bonchev–Trinajstić information content (AvgIpc) is 3.30. The van der Waals surface area contributed by atoms with E-state index in [1.54, 1.807) is 19.2 Å². The molecule has 10 nitrogen and oxygen atoms in total. The van der Waals surface area contributed by atoms with Crippen LogP contribution in [0.2, 0.25) is 0 Å². The Balaban J connectivity index is 1.66. The molecule has 0 aromatic carbocycles. The second-order valence-electron chi connectivity index (χ2n) is 10.4. The molecule has 0 unspecified atom stereocenters. The summed E-state index contributed by atoms with van der Waals surface area (Å²) < 4.78 is 7.08. The molecule has 0 aliphatic heterocycles. The maximum atomic E-state index is 13.0. The zero-order valence-electron chi connectivity index (χ0n) is 22.1. The summed E-state index contributed by atoms with van der Waals surface area (Å²) in [6.07, 6.45) is 4.63. The molecule has 0 atom stereocenters. The van der Waals surface area contributed by atoms with Crippen molar-refractivity contribution in [2.75, 3.05) is 11.9 Å². The zero-order valence-corrected chi connectivity index (χ0v) is 22.1. The molecular formula is C27H31N7O3. The van der Waals surface area contributed by atoms with Crippen molar-refractivity contribution in [1.29, 1.82) is 10.5 Å². The predicted octanol–water partition coefficient (Wildman–Crippen LogP) is 4.19. The van der Waals surface area contributed by atoms with Crippen molar-refractivity contribution in [3.8, 4) is 12.1 Å². The van der Waals surface area contributed by atoms with Gasteiger partial charge in [-0.2, -0.15) is 10.5 Å². The van der Waals surface area contributed by atoms with Crippen LogP contribution in [0.3, 0.4) is 0 Å². The van der Waals surface area contributed by atoms with Crippen LogP contribution in [-0.4, -0.2) is 38.9 Å². The lowest BCUT2D eigenvalue weighted by atomic mass is 9.81. The van der Waals surface area contributed by atoms with Crippen molar-refractivity contribution < 1.29 is 9.25 Å². The fourth-order valence-corrected chi connectivity index (χ4v) is 4.85. The molecule has 3 aromatic rings.